The van der Waals surface area contributed by atoms with Crippen LogP contribution in [0.4, 0.5) is 0 Å². The second-order valence-corrected chi connectivity index (χ2v) is 4.32. The number of methoxy groups -OCH3 is 1. The molecular formula is C12H11N3O2S. The van der Waals surface area contributed by atoms with Gasteiger partial charge >= 0.3 is 5.97 Å². The third kappa shape index (κ3) is 3.04. The number of thioether (sulfide) groups is 1. The van der Waals surface area contributed by atoms with Crippen LogP contribution >= 0.6 is 11.8 Å². The molecular weight excluding hydrogens is 250 g/mol. The van der Waals surface area contributed by atoms with Gasteiger partial charge in [-0.25, -0.2) is 9.78 Å². The summed E-state index contributed by atoms with van der Waals surface area (Å²) in [5.41, 5.74) is 1.16. The van der Waals surface area contributed by atoms with Crippen LogP contribution in [0.15, 0.2) is 41.9 Å². The Hall–Kier alpha value is -1.95. The Labute approximate surface area is 109 Å². The smallest absolute Gasteiger partial charge is 0.339 e. The van der Waals surface area contributed by atoms with E-state index in [1.807, 2.05) is 0 Å². The van der Waals surface area contributed by atoms with E-state index in [9.17, 15) is 4.79 Å². The molecule has 2 aromatic rings. The molecule has 0 bridgehead atoms. The van der Waals surface area contributed by atoms with Crippen molar-refractivity contribution < 1.29 is 9.53 Å². The van der Waals surface area contributed by atoms with E-state index in [2.05, 4.69) is 15.0 Å². The van der Waals surface area contributed by atoms with Crippen molar-refractivity contribution in [2.75, 3.05) is 7.11 Å². The molecule has 2 aromatic heterocycles. The summed E-state index contributed by atoms with van der Waals surface area (Å²) < 4.78 is 4.71. The molecule has 0 radical (unpaired) electrons. The molecule has 0 aromatic carbocycles. The molecule has 0 aliphatic carbocycles. The Morgan fingerprint density at radius 2 is 2.22 bits per heavy atom. The van der Waals surface area contributed by atoms with Gasteiger partial charge in [-0.3, -0.25) is 9.97 Å². The zero-order valence-electron chi connectivity index (χ0n) is 9.74. The van der Waals surface area contributed by atoms with Crippen molar-refractivity contribution in [3.63, 3.8) is 0 Å². The summed E-state index contributed by atoms with van der Waals surface area (Å²) in [6.45, 7) is 0. The van der Waals surface area contributed by atoms with Crippen LogP contribution in [0.3, 0.4) is 0 Å². The van der Waals surface area contributed by atoms with E-state index in [1.54, 1.807) is 36.9 Å². The van der Waals surface area contributed by atoms with E-state index in [0.29, 0.717) is 17.0 Å². The van der Waals surface area contributed by atoms with Gasteiger partial charge in [-0.2, -0.15) is 0 Å². The molecule has 0 saturated heterocycles. The van der Waals surface area contributed by atoms with Gasteiger partial charge in [0.1, 0.15) is 5.03 Å². The number of hydrogen-bond donors (Lipinski definition) is 0. The molecule has 0 spiro atoms. The Bertz CT molecular complexity index is 534. The van der Waals surface area contributed by atoms with Gasteiger partial charge in [0.25, 0.3) is 0 Å². The molecule has 0 atom stereocenters. The van der Waals surface area contributed by atoms with Crippen molar-refractivity contribution in [3.05, 3.63) is 48.2 Å². The summed E-state index contributed by atoms with van der Waals surface area (Å²) in [4.78, 5) is 23.9. The lowest BCUT2D eigenvalue weighted by Crippen LogP contribution is -2.06. The highest BCUT2D eigenvalue weighted by Crippen LogP contribution is 2.20. The van der Waals surface area contributed by atoms with Crippen LogP contribution in [-0.4, -0.2) is 28.0 Å². The average Bonchev–Trinajstić information content (AvgIpc) is 2.45. The summed E-state index contributed by atoms with van der Waals surface area (Å²) >= 11 is 1.47. The van der Waals surface area contributed by atoms with Crippen molar-refractivity contribution in [3.8, 4) is 0 Å². The molecule has 2 rings (SSSR count). The third-order valence-electron chi connectivity index (χ3n) is 2.19. The van der Waals surface area contributed by atoms with E-state index >= 15 is 0 Å². The van der Waals surface area contributed by atoms with Gasteiger partial charge in [-0.05, 0) is 12.1 Å². The summed E-state index contributed by atoms with van der Waals surface area (Å²) in [7, 11) is 1.36. The van der Waals surface area contributed by atoms with Crippen LogP contribution in [0.25, 0.3) is 0 Å². The molecule has 0 unspecified atom stereocenters. The Balaban J connectivity index is 2.12. The first-order chi connectivity index (χ1) is 8.81. The topological polar surface area (TPSA) is 65.0 Å². The highest BCUT2D eigenvalue weighted by atomic mass is 32.2. The number of ether oxygens (including phenoxy) is 1. The lowest BCUT2D eigenvalue weighted by Gasteiger charge is -2.05. The summed E-state index contributed by atoms with van der Waals surface area (Å²) in [5.74, 6) is 0.169. The first-order valence-corrected chi connectivity index (χ1v) is 6.21. The zero-order valence-corrected chi connectivity index (χ0v) is 10.6. The normalized spacial score (nSPS) is 10.1. The quantitative estimate of drug-likeness (QED) is 0.619. The fourth-order valence-corrected chi connectivity index (χ4v) is 2.14. The second kappa shape index (κ2) is 6.11. The molecule has 0 aliphatic heterocycles. The van der Waals surface area contributed by atoms with E-state index in [-0.39, 0.29) is 5.97 Å². The van der Waals surface area contributed by atoms with Crippen molar-refractivity contribution >= 4 is 17.7 Å². The van der Waals surface area contributed by atoms with E-state index in [1.165, 1.54) is 18.9 Å². The van der Waals surface area contributed by atoms with Gasteiger partial charge in [0, 0.05) is 24.3 Å². The fourth-order valence-electron chi connectivity index (χ4n) is 1.35. The van der Waals surface area contributed by atoms with Crippen molar-refractivity contribution in [2.45, 2.75) is 10.8 Å². The van der Waals surface area contributed by atoms with Gasteiger partial charge in [0.15, 0.2) is 0 Å². The molecule has 92 valence electrons. The number of pyridine rings is 1. The summed E-state index contributed by atoms with van der Waals surface area (Å²) in [6.07, 6.45) is 6.57. The number of esters is 1. The molecule has 0 saturated carbocycles. The first-order valence-electron chi connectivity index (χ1n) is 5.22. The number of carbonyl (C=O) groups is 1. The molecule has 6 heteroatoms. The standard InChI is InChI=1S/C12H11N3O2S/c1-17-12(16)9-3-2-4-14-10(9)8-18-11-7-13-5-6-15-11/h2-7H,8H2,1H3. The lowest BCUT2D eigenvalue weighted by molar-refractivity contribution is 0.0599. The van der Waals surface area contributed by atoms with E-state index < -0.39 is 0 Å². The van der Waals surface area contributed by atoms with Crippen LogP contribution in [-0.2, 0) is 10.5 Å². The minimum Gasteiger partial charge on any atom is -0.465 e. The number of aromatic nitrogens is 3. The minimum atomic E-state index is -0.377. The van der Waals surface area contributed by atoms with Crippen LogP contribution in [0.5, 0.6) is 0 Å². The summed E-state index contributed by atoms with van der Waals surface area (Å²) in [5, 5.41) is 0.791. The minimum absolute atomic E-state index is 0.377. The van der Waals surface area contributed by atoms with E-state index in [4.69, 9.17) is 4.74 Å². The summed E-state index contributed by atoms with van der Waals surface area (Å²) in [6, 6.07) is 3.41. The molecule has 0 N–H and O–H groups in total. The zero-order chi connectivity index (χ0) is 12.8. The van der Waals surface area contributed by atoms with Gasteiger partial charge in [-0.15, -0.1) is 0 Å². The van der Waals surface area contributed by atoms with E-state index in [0.717, 1.165) is 5.03 Å². The van der Waals surface area contributed by atoms with Crippen molar-refractivity contribution in [1.82, 2.24) is 15.0 Å². The van der Waals surface area contributed by atoms with Gasteiger partial charge in [0.2, 0.25) is 0 Å². The molecule has 0 amide bonds. The Morgan fingerprint density at radius 3 is 2.94 bits per heavy atom. The highest BCUT2D eigenvalue weighted by Gasteiger charge is 2.12. The number of nitrogens with zero attached hydrogens (tertiary/aromatic N) is 3. The Morgan fingerprint density at radius 1 is 1.33 bits per heavy atom. The molecule has 18 heavy (non-hydrogen) atoms. The number of carbonyl (C=O) groups excluding carboxylic acids is 1. The van der Waals surface area contributed by atoms with Crippen molar-refractivity contribution in [1.29, 1.82) is 0 Å². The lowest BCUT2D eigenvalue weighted by atomic mass is 10.2. The highest BCUT2D eigenvalue weighted by molar-refractivity contribution is 7.98. The fraction of sp³-hybridized carbons (Fsp3) is 0.167. The van der Waals surface area contributed by atoms with Gasteiger partial charge in [0.05, 0.1) is 24.6 Å². The van der Waals surface area contributed by atoms with Crippen LogP contribution in [0.2, 0.25) is 0 Å². The molecule has 0 aliphatic rings. The largest absolute Gasteiger partial charge is 0.465 e. The predicted octanol–water partition coefficient (Wildman–Crippen LogP) is 1.95. The monoisotopic (exact) mass is 261 g/mol. The van der Waals surface area contributed by atoms with Crippen molar-refractivity contribution in [2.24, 2.45) is 0 Å². The second-order valence-electron chi connectivity index (χ2n) is 3.32. The molecule has 2 heterocycles. The average molecular weight is 261 g/mol. The van der Waals surface area contributed by atoms with Crippen LogP contribution in [0.1, 0.15) is 16.1 Å². The predicted molar refractivity (Wildman–Crippen MR) is 67.2 cm³/mol. The third-order valence-corrected chi connectivity index (χ3v) is 3.12. The Kier molecular flexibility index (Phi) is 4.25. The van der Waals surface area contributed by atoms with Crippen LogP contribution < -0.4 is 0 Å². The van der Waals surface area contributed by atoms with Gasteiger partial charge in [-0.1, -0.05) is 11.8 Å². The number of hydrogen-bond acceptors (Lipinski definition) is 6. The first kappa shape index (κ1) is 12.5. The molecule has 0 fully saturated rings. The maximum atomic E-state index is 11.5. The maximum absolute atomic E-state index is 11.5. The van der Waals surface area contributed by atoms with Gasteiger partial charge < -0.3 is 4.74 Å². The SMILES string of the molecule is COC(=O)c1cccnc1CSc1cnccn1. The van der Waals surface area contributed by atoms with Crippen LogP contribution in [0, 0.1) is 0 Å². The maximum Gasteiger partial charge on any atom is 0.339 e. The number of rotatable bonds is 4. The molecule has 5 nitrogen and oxygen atoms in total.